The van der Waals surface area contributed by atoms with Crippen molar-refractivity contribution in [3.63, 3.8) is 0 Å². The van der Waals surface area contributed by atoms with Crippen molar-refractivity contribution in [3.05, 3.63) is 33.3 Å². The van der Waals surface area contributed by atoms with Crippen LogP contribution in [0.5, 0.6) is 0 Å². The highest BCUT2D eigenvalue weighted by Crippen LogP contribution is 2.39. The average molecular weight is 431 g/mol. The van der Waals surface area contributed by atoms with Gasteiger partial charge in [-0.3, -0.25) is 0 Å². The zero-order valence-corrected chi connectivity index (χ0v) is 20.3. The van der Waals surface area contributed by atoms with Crippen LogP contribution in [0.2, 0.25) is 28.2 Å². The summed E-state index contributed by atoms with van der Waals surface area (Å²) in [6.07, 6.45) is 5.25. The van der Waals surface area contributed by atoms with E-state index in [4.69, 9.17) is 27.6 Å². The second-order valence-corrected chi connectivity index (χ2v) is 14.2. The van der Waals surface area contributed by atoms with Gasteiger partial charge >= 0.3 is 0 Å². The first-order valence-electron chi connectivity index (χ1n) is 10.6. The van der Waals surface area contributed by atoms with Gasteiger partial charge in [0.1, 0.15) is 0 Å². The first kappa shape index (κ1) is 23.2. The van der Waals surface area contributed by atoms with Crippen LogP contribution < -0.4 is 5.32 Å². The molecule has 5 heteroatoms. The maximum atomic E-state index is 6.88. The van der Waals surface area contributed by atoms with E-state index in [1.165, 1.54) is 25.7 Å². The minimum atomic E-state index is -1.78. The van der Waals surface area contributed by atoms with Crippen LogP contribution in [0.25, 0.3) is 0 Å². The molecule has 0 aliphatic heterocycles. The SMILES string of the molecule is CC[Si](CC)(CC)OC(CNCC1(C)CCCC1)c1c(Cl)cc(C)cc1Cl. The van der Waals surface area contributed by atoms with E-state index in [0.717, 1.165) is 52.4 Å². The van der Waals surface area contributed by atoms with E-state index < -0.39 is 8.32 Å². The van der Waals surface area contributed by atoms with Crippen molar-refractivity contribution in [2.45, 2.75) is 84.5 Å². The van der Waals surface area contributed by atoms with Gasteiger partial charge in [-0.05, 0) is 61.0 Å². The molecule has 1 fully saturated rings. The fourth-order valence-corrected chi connectivity index (χ4v) is 8.08. The van der Waals surface area contributed by atoms with E-state index in [2.05, 4.69) is 33.0 Å². The van der Waals surface area contributed by atoms with Gasteiger partial charge in [0, 0.05) is 28.7 Å². The van der Waals surface area contributed by atoms with Crippen LogP contribution in [0, 0.1) is 12.3 Å². The molecule has 0 bridgehead atoms. The molecule has 1 atom stereocenters. The molecule has 1 aliphatic rings. The van der Waals surface area contributed by atoms with Crippen LogP contribution >= 0.6 is 23.2 Å². The lowest BCUT2D eigenvalue weighted by molar-refractivity contribution is 0.178. The zero-order chi connectivity index (χ0) is 20.1. The number of aryl methyl sites for hydroxylation is 1. The summed E-state index contributed by atoms with van der Waals surface area (Å²) >= 11 is 13.3. The fraction of sp³-hybridized carbons (Fsp3) is 0.727. The van der Waals surface area contributed by atoms with Gasteiger partial charge in [0.05, 0.1) is 6.10 Å². The van der Waals surface area contributed by atoms with Gasteiger partial charge in [-0.1, -0.05) is 63.7 Å². The average Bonchev–Trinajstić information content (AvgIpc) is 3.05. The number of nitrogens with one attached hydrogen (secondary N) is 1. The highest BCUT2D eigenvalue weighted by molar-refractivity contribution is 6.73. The number of halogens is 2. The smallest absolute Gasteiger partial charge is 0.192 e. The van der Waals surface area contributed by atoms with Gasteiger partial charge < -0.3 is 9.74 Å². The molecule has 1 aromatic carbocycles. The summed E-state index contributed by atoms with van der Waals surface area (Å²) in [5, 5.41) is 5.16. The van der Waals surface area contributed by atoms with Crippen molar-refractivity contribution in [1.29, 1.82) is 0 Å². The standard InChI is InChI=1S/C22H37Cl2NOSi/c1-6-27(7-2,8-3)26-20(15-25-16-22(5)11-9-10-12-22)21-18(23)13-17(4)14-19(21)24/h13-14,20,25H,6-12,15-16H2,1-5H3. The third-order valence-corrected chi connectivity index (χ3v) is 11.8. The predicted molar refractivity (Wildman–Crippen MR) is 122 cm³/mol. The summed E-state index contributed by atoms with van der Waals surface area (Å²) in [7, 11) is -1.78. The Bertz CT molecular complexity index is 581. The minimum absolute atomic E-state index is 0.0814. The molecule has 1 aromatic rings. The van der Waals surface area contributed by atoms with Gasteiger partial charge in [-0.25, -0.2) is 0 Å². The summed E-state index contributed by atoms with van der Waals surface area (Å²) in [6.45, 7) is 13.0. The monoisotopic (exact) mass is 429 g/mol. The molecule has 2 nitrogen and oxygen atoms in total. The molecule has 0 heterocycles. The molecule has 0 spiro atoms. The minimum Gasteiger partial charge on any atom is -0.409 e. The Morgan fingerprint density at radius 3 is 2.07 bits per heavy atom. The summed E-state index contributed by atoms with van der Waals surface area (Å²) in [4.78, 5) is 0. The van der Waals surface area contributed by atoms with Gasteiger partial charge in [0.25, 0.3) is 0 Å². The van der Waals surface area contributed by atoms with Gasteiger partial charge in [0.2, 0.25) is 0 Å². The van der Waals surface area contributed by atoms with Gasteiger partial charge in [0.15, 0.2) is 8.32 Å². The Morgan fingerprint density at radius 2 is 1.59 bits per heavy atom. The molecule has 0 saturated heterocycles. The molecular weight excluding hydrogens is 393 g/mol. The van der Waals surface area contributed by atoms with Crippen LogP contribution in [-0.4, -0.2) is 21.4 Å². The summed E-state index contributed by atoms with van der Waals surface area (Å²) in [5.41, 5.74) is 2.46. The number of hydrogen-bond donors (Lipinski definition) is 1. The summed E-state index contributed by atoms with van der Waals surface area (Å²) < 4.78 is 6.88. The van der Waals surface area contributed by atoms with Gasteiger partial charge in [-0.15, -0.1) is 0 Å². The van der Waals surface area contributed by atoms with Crippen molar-refractivity contribution in [2.75, 3.05) is 13.1 Å². The molecule has 1 saturated carbocycles. The van der Waals surface area contributed by atoms with E-state index >= 15 is 0 Å². The molecular formula is C22H37Cl2NOSi. The zero-order valence-electron chi connectivity index (χ0n) is 17.8. The Balaban J connectivity index is 2.23. The molecule has 27 heavy (non-hydrogen) atoms. The van der Waals surface area contributed by atoms with Crippen LogP contribution in [0.15, 0.2) is 12.1 Å². The lowest BCUT2D eigenvalue weighted by atomic mass is 9.89. The summed E-state index contributed by atoms with van der Waals surface area (Å²) in [6, 6.07) is 7.37. The second-order valence-electron chi connectivity index (χ2n) is 8.64. The predicted octanol–water partition coefficient (Wildman–Crippen LogP) is 7.53. The maximum absolute atomic E-state index is 6.88. The molecule has 1 aliphatic carbocycles. The Hall–Kier alpha value is -0.0631. The van der Waals surface area contributed by atoms with Crippen molar-refractivity contribution >= 4 is 31.5 Å². The van der Waals surface area contributed by atoms with Crippen LogP contribution in [-0.2, 0) is 4.43 Å². The Kier molecular flexibility index (Phi) is 8.70. The van der Waals surface area contributed by atoms with Crippen molar-refractivity contribution in [1.82, 2.24) is 5.32 Å². The molecule has 0 aromatic heterocycles. The van der Waals surface area contributed by atoms with E-state index in [0.29, 0.717) is 5.41 Å². The van der Waals surface area contributed by atoms with E-state index in [-0.39, 0.29) is 6.10 Å². The first-order valence-corrected chi connectivity index (χ1v) is 13.9. The highest BCUT2D eigenvalue weighted by Gasteiger charge is 2.35. The lowest BCUT2D eigenvalue weighted by Crippen LogP contribution is -2.41. The number of hydrogen-bond acceptors (Lipinski definition) is 2. The largest absolute Gasteiger partial charge is 0.409 e. The van der Waals surface area contributed by atoms with Crippen molar-refractivity contribution in [3.8, 4) is 0 Å². The maximum Gasteiger partial charge on any atom is 0.192 e. The molecule has 1 unspecified atom stereocenters. The first-order chi connectivity index (χ1) is 12.8. The van der Waals surface area contributed by atoms with Gasteiger partial charge in [-0.2, -0.15) is 0 Å². The van der Waals surface area contributed by atoms with Crippen LogP contribution in [0.4, 0.5) is 0 Å². The fourth-order valence-electron chi connectivity index (χ4n) is 4.43. The number of benzene rings is 1. The normalized spacial score (nSPS) is 18.0. The topological polar surface area (TPSA) is 21.3 Å². The van der Waals surface area contributed by atoms with E-state index in [1.807, 2.05) is 19.1 Å². The molecule has 0 amide bonds. The Labute approximate surface area is 177 Å². The number of rotatable bonds is 10. The quantitative estimate of drug-likeness (QED) is 0.387. The highest BCUT2D eigenvalue weighted by atomic mass is 35.5. The van der Waals surface area contributed by atoms with Crippen LogP contribution in [0.3, 0.4) is 0 Å². The van der Waals surface area contributed by atoms with Crippen molar-refractivity contribution in [2.24, 2.45) is 5.41 Å². The molecule has 0 radical (unpaired) electrons. The third-order valence-electron chi connectivity index (χ3n) is 6.56. The summed E-state index contributed by atoms with van der Waals surface area (Å²) in [5.74, 6) is 0. The third kappa shape index (κ3) is 5.96. The van der Waals surface area contributed by atoms with Crippen molar-refractivity contribution < 1.29 is 4.43 Å². The van der Waals surface area contributed by atoms with Crippen LogP contribution in [0.1, 0.15) is 70.6 Å². The molecule has 1 N–H and O–H groups in total. The Morgan fingerprint density at radius 1 is 1.07 bits per heavy atom. The second kappa shape index (κ2) is 10.1. The van der Waals surface area contributed by atoms with E-state index in [1.54, 1.807) is 0 Å². The molecule has 2 rings (SSSR count). The lowest BCUT2D eigenvalue weighted by Gasteiger charge is -2.35. The molecule has 154 valence electrons. The van der Waals surface area contributed by atoms with E-state index in [9.17, 15) is 0 Å².